The number of benzene rings is 1. The lowest BCUT2D eigenvalue weighted by Crippen LogP contribution is -2.17. The Balaban J connectivity index is 1.61. The molecule has 1 N–H and O–H groups in total. The maximum atomic E-state index is 13.7. The molecule has 106 valence electrons. The second-order valence-corrected chi connectivity index (χ2v) is 5.99. The van der Waals surface area contributed by atoms with E-state index in [1.165, 1.54) is 18.9 Å². The van der Waals surface area contributed by atoms with Gasteiger partial charge in [0.25, 0.3) is 0 Å². The Morgan fingerprint density at radius 1 is 1.40 bits per heavy atom. The summed E-state index contributed by atoms with van der Waals surface area (Å²) in [4.78, 5) is 4.22. The minimum atomic E-state index is -0.300. The minimum Gasteiger partial charge on any atom is -0.441 e. The van der Waals surface area contributed by atoms with E-state index in [9.17, 15) is 4.39 Å². The summed E-state index contributed by atoms with van der Waals surface area (Å²) in [7, 11) is 0. The molecule has 0 saturated heterocycles. The average molecular weight is 339 g/mol. The van der Waals surface area contributed by atoms with E-state index >= 15 is 0 Å². The molecule has 3 nitrogen and oxygen atoms in total. The number of aryl methyl sites for hydroxylation is 1. The van der Waals surface area contributed by atoms with E-state index in [2.05, 4.69) is 26.2 Å². The van der Waals surface area contributed by atoms with Crippen LogP contribution in [-0.4, -0.2) is 17.6 Å². The molecule has 0 radical (unpaired) electrons. The van der Waals surface area contributed by atoms with Crippen LogP contribution in [0.2, 0.25) is 0 Å². The van der Waals surface area contributed by atoms with Crippen LogP contribution in [0.15, 0.2) is 33.3 Å². The van der Waals surface area contributed by atoms with Gasteiger partial charge in [-0.3, -0.25) is 0 Å². The fourth-order valence-electron chi connectivity index (χ4n) is 2.07. The number of hydrogen-bond donors (Lipinski definition) is 1. The van der Waals surface area contributed by atoms with Gasteiger partial charge in [-0.25, -0.2) is 9.37 Å². The summed E-state index contributed by atoms with van der Waals surface area (Å²) in [5, 5.41) is 3.45. The number of oxazole rings is 1. The maximum absolute atomic E-state index is 13.7. The first-order valence-electron chi connectivity index (χ1n) is 6.86. The summed E-state index contributed by atoms with van der Waals surface area (Å²) in [5.74, 6) is 0.845. The molecule has 1 fully saturated rings. The molecule has 5 heteroatoms. The van der Waals surface area contributed by atoms with Crippen LogP contribution >= 0.6 is 15.9 Å². The Morgan fingerprint density at radius 2 is 2.25 bits per heavy atom. The van der Waals surface area contributed by atoms with Gasteiger partial charge < -0.3 is 9.73 Å². The van der Waals surface area contributed by atoms with Crippen LogP contribution in [0.25, 0.3) is 11.3 Å². The first-order chi connectivity index (χ1) is 9.72. The van der Waals surface area contributed by atoms with E-state index < -0.39 is 0 Å². The summed E-state index contributed by atoms with van der Waals surface area (Å²) in [6, 6.07) is 5.51. The van der Waals surface area contributed by atoms with Gasteiger partial charge in [-0.2, -0.15) is 0 Å². The molecule has 1 aliphatic carbocycles. The van der Waals surface area contributed by atoms with Crippen molar-refractivity contribution < 1.29 is 8.81 Å². The van der Waals surface area contributed by atoms with E-state index in [0.29, 0.717) is 17.2 Å². The van der Waals surface area contributed by atoms with Crippen LogP contribution in [0.4, 0.5) is 4.39 Å². The summed E-state index contributed by atoms with van der Waals surface area (Å²) in [6.07, 6.45) is 5.94. The van der Waals surface area contributed by atoms with Gasteiger partial charge in [0.05, 0.1) is 11.8 Å². The molecule has 0 bridgehead atoms. The van der Waals surface area contributed by atoms with Gasteiger partial charge >= 0.3 is 0 Å². The highest BCUT2D eigenvalue weighted by Crippen LogP contribution is 2.27. The van der Waals surface area contributed by atoms with E-state index in [-0.39, 0.29) is 5.82 Å². The molecule has 0 amide bonds. The van der Waals surface area contributed by atoms with Gasteiger partial charge in [0.2, 0.25) is 0 Å². The summed E-state index contributed by atoms with van der Waals surface area (Å²) in [6.45, 7) is 0.980. The van der Waals surface area contributed by atoms with Crippen molar-refractivity contribution in [2.75, 3.05) is 6.54 Å². The Kier molecular flexibility index (Phi) is 4.17. The van der Waals surface area contributed by atoms with Crippen LogP contribution in [0.3, 0.4) is 0 Å². The van der Waals surface area contributed by atoms with Crippen molar-refractivity contribution in [3.63, 3.8) is 0 Å². The van der Waals surface area contributed by atoms with Crippen molar-refractivity contribution in [2.45, 2.75) is 31.7 Å². The van der Waals surface area contributed by atoms with Gasteiger partial charge in [0, 0.05) is 16.9 Å². The van der Waals surface area contributed by atoms with Gasteiger partial charge in [-0.1, -0.05) is 15.9 Å². The summed E-state index contributed by atoms with van der Waals surface area (Å²) < 4.78 is 20.2. The second-order valence-electron chi connectivity index (χ2n) is 5.07. The van der Waals surface area contributed by atoms with E-state index in [1.807, 2.05) is 0 Å². The van der Waals surface area contributed by atoms with E-state index in [4.69, 9.17) is 4.42 Å². The van der Waals surface area contributed by atoms with Crippen molar-refractivity contribution in [3.8, 4) is 11.3 Å². The molecule has 1 heterocycles. The quantitative estimate of drug-likeness (QED) is 0.811. The lowest BCUT2D eigenvalue weighted by molar-refractivity contribution is 0.488. The van der Waals surface area contributed by atoms with Crippen LogP contribution in [0, 0.1) is 5.82 Å². The Hall–Kier alpha value is -1.20. The van der Waals surface area contributed by atoms with Crippen LogP contribution < -0.4 is 5.32 Å². The third-order valence-electron chi connectivity index (χ3n) is 3.33. The molecule has 1 aromatic heterocycles. The zero-order chi connectivity index (χ0) is 13.9. The predicted molar refractivity (Wildman–Crippen MR) is 78.9 cm³/mol. The highest BCUT2D eigenvalue weighted by molar-refractivity contribution is 9.10. The first kappa shape index (κ1) is 13.8. The van der Waals surface area contributed by atoms with Crippen molar-refractivity contribution in [2.24, 2.45) is 0 Å². The zero-order valence-corrected chi connectivity index (χ0v) is 12.6. The van der Waals surface area contributed by atoms with Crippen molar-refractivity contribution in [1.82, 2.24) is 10.3 Å². The van der Waals surface area contributed by atoms with E-state index in [0.717, 1.165) is 29.9 Å². The molecule has 0 atom stereocenters. The first-order valence-corrected chi connectivity index (χ1v) is 7.65. The molecule has 3 rings (SSSR count). The Morgan fingerprint density at radius 3 is 3.05 bits per heavy atom. The van der Waals surface area contributed by atoms with Crippen LogP contribution in [0.5, 0.6) is 0 Å². The molecule has 20 heavy (non-hydrogen) atoms. The maximum Gasteiger partial charge on any atom is 0.194 e. The fraction of sp³-hybridized carbons (Fsp3) is 0.400. The van der Waals surface area contributed by atoms with Gasteiger partial charge in [-0.15, -0.1) is 0 Å². The zero-order valence-electron chi connectivity index (χ0n) is 11.0. The molecule has 1 saturated carbocycles. The SMILES string of the molecule is Fc1ccc(Br)cc1-c1cnc(CCCNC2CC2)o1. The second kappa shape index (κ2) is 6.06. The van der Waals surface area contributed by atoms with Crippen LogP contribution in [-0.2, 0) is 6.42 Å². The third-order valence-corrected chi connectivity index (χ3v) is 3.82. The predicted octanol–water partition coefficient (Wildman–Crippen LogP) is 3.93. The van der Waals surface area contributed by atoms with Crippen molar-refractivity contribution in [1.29, 1.82) is 0 Å². The smallest absolute Gasteiger partial charge is 0.194 e. The van der Waals surface area contributed by atoms with Gasteiger partial charge in [0.1, 0.15) is 5.82 Å². The van der Waals surface area contributed by atoms with E-state index in [1.54, 1.807) is 18.3 Å². The number of rotatable bonds is 6. The summed E-state index contributed by atoms with van der Waals surface area (Å²) in [5.41, 5.74) is 0.439. The molecule has 1 aromatic carbocycles. The van der Waals surface area contributed by atoms with Gasteiger partial charge in [0.15, 0.2) is 11.7 Å². The standard InChI is InChI=1S/C15H16BrFN2O/c16-10-3-6-13(17)12(8-10)14-9-19-15(20-14)2-1-7-18-11-4-5-11/h3,6,8-9,11,18H,1-2,4-5,7H2. The number of nitrogens with zero attached hydrogens (tertiary/aromatic N) is 1. The molecular weight excluding hydrogens is 323 g/mol. The molecule has 1 aliphatic rings. The molecule has 0 spiro atoms. The lowest BCUT2D eigenvalue weighted by atomic mass is 10.2. The summed E-state index contributed by atoms with van der Waals surface area (Å²) >= 11 is 3.33. The topological polar surface area (TPSA) is 38.1 Å². The monoisotopic (exact) mass is 338 g/mol. The van der Waals surface area contributed by atoms with Crippen molar-refractivity contribution in [3.05, 3.63) is 40.6 Å². The normalized spacial score (nSPS) is 14.7. The number of hydrogen-bond acceptors (Lipinski definition) is 3. The molecular formula is C15H16BrFN2O. The third kappa shape index (κ3) is 3.46. The Labute approximate surface area is 125 Å². The molecule has 2 aromatic rings. The average Bonchev–Trinajstić information content (AvgIpc) is 3.15. The molecule has 0 unspecified atom stereocenters. The van der Waals surface area contributed by atoms with Crippen LogP contribution in [0.1, 0.15) is 25.2 Å². The minimum absolute atomic E-state index is 0.300. The number of nitrogens with one attached hydrogen (secondary N) is 1. The molecule has 0 aliphatic heterocycles. The van der Waals surface area contributed by atoms with Gasteiger partial charge in [-0.05, 0) is 44.0 Å². The highest BCUT2D eigenvalue weighted by atomic mass is 79.9. The highest BCUT2D eigenvalue weighted by Gasteiger charge is 2.19. The number of aromatic nitrogens is 1. The number of halogens is 2. The lowest BCUT2D eigenvalue weighted by Gasteiger charge is -2.01. The van der Waals surface area contributed by atoms with Crippen molar-refractivity contribution >= 4 is 15.9 Å². The Bertz CT molecular complexity index is 595. The largest absolute Gasteiger partial charge is 0.441 e. The fourth-order valence-corrected chi connectivity index (χ4v) is 2.43.